The number of para-hydroxylation sites is 2. The molecule has 2 aliphatic rings. The molecule has 0 saturated heterocycles. The molecular weight excluding hydrogens is 421 g/mol. The average Bonchev–Trinajstić information content (AvgIpc) is 3.24. The second kappa shape index (κ2) is 6.55. The van der Waals surface area contributed by atoms with Crippen molar-refractivity contribution in [2.75, 3.05) is 0 Å². The lowest BCUT2D eigenvalue weighted by Crippen LogP contribution is -2.63. The van der Waals surface area contributed by atoms with Gasteiger partial charge in [0.2, 0.25) is 6.71 Å². The molecule has 8 rings (SSSR count). The Morgan fingerprint density at radius 1 is 0.600 bits per heavy atom. The summed E-state index contributed by atoms with van der Waals surface area (Å²) in [6, 6.07) is 40.7. The molecule has 0 spiro atoms. The van der Waals surface area contributed by atoms with Crippen molar-refractivity contribution in [1.82, 2.24) is 4.57 Å². The third-order valence-electron chi connectivity index (χ3n) is 8.47. The molecule has 2 aliphatic heterocycles. The molecular formula is C33H24BN. The standard InChI is InChI=1S/C33H24BN/c1-33(2)25-19-18-22(21-10-4-3-5-11-21)20-28(25)34-27-15-8-13-24-23-12-6-7-16-29(23)35(32(24)27)30-17-9-14-26(33)31(30)34/h3-20H,1-2H3. The number of hydrogen-bond donors (Lipinski definition) is 0. The number of rotatable bonds is 1. The molecule has 0 N–H and O–H groups in total. The molecule has 0 aliphatic carbocycles. The van der Waals surface area contributed by atoms with Crippen LogP contribution in [0.3, 0.4) is 0 Å². The Kier molecular flexibility index (Phi) is 3.61. The third-order valence-corrected chi connectivity index (χ3v) is 8.47. The minimum Gasteiger partial charge on any atom is -0.310 e. The van der Waals surface area contributed by atoms with E-state index >= 15 is 0 Å². The molecule has 5 aromatic carbocycles. The molecule has 0 unspecified atom stereocenters. The number of aromatic nitrogens is 1. The van der Waals surface area contributed by atoms with Gasteiger partial charge in [0.1, 0.15) is 0 Å². The molecule has 1 aromatic heterocycles. The summed E-state index contributed by atoms with van der Waals surface area (Å²) in [5.74, 6) is 0. The summed E-state index contributed by atoms with van der Waals surface area (Å²) in [7, 11) is 0. The van der Waals surface area contributed by atoms with Crippen molar-refractivity contribution < 1.29 is 0 Å². The lowest BCUT2D eigenvalue weighted by atomic mass is 9.30. The van der Waals surface area contributed by atoms with Gasteiger partial charge in [-0.2, -0.15) is 0 Å². The van der Waals surface area contributed by atoms with Crippen molar-refractivity contribution in [3.05, 3.63) is 120 Å². The number of nitrogens with zero attached hydrogens (tertiary/aromatic N) is 1. The summed E-state index contributed by atoms with van der Waals surface area (Å²) in [5, 5.41) is 2.68. The molecule has 0 fully saturated rings. The molecule has 164 valence electrons. The summed E-state index contributed by atoms with van der Waals surface area (Å²) in [6.45, 7) is 5.02. The first-order valence-corrected chi connectivity index (χ1v) is 12.5. The van der Waals surface area contributed by atoms with Crippen LogP contribution in [0.1, 0.15) is 25.0 Å². The van der Waals surface area contributed by atoms with E-state index < -0.39 is 0 Å². The smallest absolute Gasteiger partial charge is 0.247 e. The Labute approximate surface area is 205 Å². The SMILES string of the molecule is CC1(C)c2ccc(-c3ccccc3)cc2B2c3c(cccc31)-n1c3ccccc3c3cccc2c31. The zero-order chi connectivity index (χ0) is 23.3. The Balaban J connectivity index is 1.54. The van der Waals surface area contributed by atoms with E-state index in [1.165, 1.54) is 66.1 Å². The highest BCUT2D eigenvalue weighted by Crippen LogP contribution is 2.40. The highest BCUT2D eigenvalue weighted by Gasteiger charge is 2.44. The van der Waals surface area contributed by atoms with E-state index in [0.717, 1.165) is 0 Å². The highest BCUT2D eigenvalue weighted by atomic mass is 15.0. The fourth-order valence-electron chi connectivity index (χ4n) is 6.93. The monoisotopic (exact) mass is 445 g/mol. The summed E-state index contributed by atoms with van der Waals surface area (Å²) >= 11 is 0. The van der Waals surface area contributed by atoms with Crippen molar-refractivity contribution in [1.29, 1.82) is 0 Å². The number of fused-ring (bicyclic) bond motifs is 7. The average molecular weight is 445 g/mol. The molecule has 3 heterocycles. The molecule has 0 radical (unpaired) electrons. The van der Waals surface area contributed by atoms with Crippen LogP contribution in [-0.4, -0.2) is 11.3 Å². The van der Waals surface area contributed by atoms with Gasteiger partial charge in [0.25, 0.3) is 0 Å². The van der Waals surface area contributed by atoms with E-state index in [0.29, 0.717) is 0 Å². The molecule has 0 saturated carbocycles. The van der Waals surface area contributed by atoms with Gasteiger partial charge in [-0.25, -0.2) is 0 Å². The van der Waals surface area contributed by atoms with E-state index in [1.807, 2.05) is 0 Å². The molecule has 1 nitrogen and oxygen atoms in total. The summed E-state index contributed by atoms with van der Waals surface area (Å²) in [4.78, 5) is 0. The highest BCUT2D eigenvalue weighted by molar-refractivity contribution is 6.99. The zero-order valence-electron chi connectivity index (χ0n) is 19.9. The van der Waals surface area contributed by atoms with Crippen LogP contribution in [0.25, 0.3) is 38.6 Å². The predicted octanol–water partition coefficient (Wildman–Crippen LogP) is 5.92. The van der Waals surface area contributed by atoms with Crippen molar-refractivity contribution in [2.24, 2.45) is 0 Å². The van der Waals surface area contributed by atoms with Crippen molar-refractivity contribution in [2.45, 2.75) is 19.3 Å². The first kappa shape index (κ1) is 19.3. The lowest BCUT2D eigenvalue weighted by Gasteiger charge is -2.42. The Morgan fingerprint density at radius 2 is 1.37 bits per heavy atom. The maximum absolute atomic E-state index is 2.53. The van der Waals surface area contributed by atoms with E-state index in [4.69, 9.17) is 0 Å². The second-order valence-electron chi connectivity index (χ2n) is 10.6. The first-order valence-electron chi connectivity index (χ1n) is 12.5. The summed E-state index contributed by atoms with van der Waals surface area (Å²) in [5.41, 5.74) is 13.7. The Bertz CT molecular complexity index is 1820. The largest absolute Gasteiger partial charge is 0.310 e. The quantitative estimate of drug-likeness (QED) is 0.277. The molecule has 6 aromatic rings. The van der Waals surface area contributed by atoms with Gasteiger partial charge in [-0.1, -0.05) is 116 Å². The van der Waals surface area contributed by atoms with Crippen LogP contribution in [0.5, 0.6) is 0 Å². The fraction of sp³-hybridized carbons (Fsp3) is 0.0909. The third kappa shape index (κ3) is 2.35. The van der Waals surface area contributed by atoms with Crippen LogP contribution >= 0.6 is 0 Å². The van der Waals surface area contributed by atoms with Crippen LogP contribution in [0.4, 0.5) is 0 Å². The van der Waals surface area contributed by atoms with Gasteiger partial charge in [0.05, 0.1) is 5.52 Å². The van der Waals surface area contributed by atoms with Gasteiger partial charge in [-0.05, 0) is 45.3 Å². The van der Waals surface area contributed by atoms with Crippen LogP contribution in [0, 0.1) is 0 Å². The van der Waals surface area contributed by atoms with Crippen LogP contribution in [0.15, 0.2) is 109 Å². The second-order valence-corrected chi connectivity index (χ2v) is 10.6. The van der Waals surface area contributed by atoms with Gasteiger partial charge in [-0.15, -0.1) is 0 Å². The normalized spacial score (nSPS) is 14.7. The number of benzene rings is 5. The maximum Gasteiger partial charge on any atom is 0.247 e. The van der Waals surface area contributed by atoms with Crippen LogP contribution < -0.4 is 16.4 Å². The number of hydrogen-bond acceptors (Lipinski definition) is 0. The minimum absolute atomic E-state index is 0.0687. The van der Waals surface area contributed by atoms with E-state index in [1.54, 1.807) is 0 Å². The Morgan fingerprint density at radius 3 is 2.26 bits per heavy atom. The van der Waals surface area contributed by atoms with Crippen molar-refractivity contribution >= 4 is 44.9 Å². The van der Waals surface area contributed by atoms with Crippen molar-refractivity contribution in [3.8, 4) is 16.8 Å². The molecule has 35 heavy (non-hydrogen) atoms. The molecule has 0 atom stereocenters. The van der Waals surface area contributed by atoms with Crippen LogP contribution in [0.2, 0.25) is 0 Å². The maximum atomic E-state index is 2.53. The molecule has 0 bridgehead atoms. The van der Waals surface area contributed by atoms with Crippen molar-refractivity contribution in [3.63, 3.8) is 0 Å². The zero-order valence-corrected chi connectivity index (χ0v) is 19.9. The van der Waals surface area contributed by atoms with E-state index in [2.05, 4.69) is 128 Å². The fourth-order valence-corrected chi connectivity index (χ4v) is 6.93. The van der Waals surface area contributed by atoms with E-state index in [-0.39, 0.29) is 12.1 Å². The molecule has 2 heteroatoms. The van der Waals surface area contributed by atoms with Crippen LogP contribution in [-0.2, 0) is 5.41 Å². The lowest BCUT2D eigenvalue weighted by molar-refractivity contribution is 0.645. The van der Waals surface area contributed by atoms with Gasteiger partial charge < -0.3 is 4.57 Å². The van der Waals surface area contributed by atoms with Gasteiger partial charge >= 0.3 is 0 Å². The van der Waals surface area contributed by atoms with Gasteiger partial charge in [-0.3, -0.25) is 0 Å². The molecule has 0 amide bonds. The van der Waals surface area contributed by atoms with Gasteiger partial charge in [0.15, 0.2) is 0 Å². The minimum atomic E-state index is -0.0687. The summed E-state index contributed by atoms with van der Waals surface area (Å²) < 4.78 is 2.53. The summed E-state index contributed by atoms with van der Waals surface area (Å²) in [6.07, 6.45) is 0. The first-order chi connectivity index (χ1) is 17.1. The predicted molar refractivity (Wildman–Crippen MR) is 149 cm³/mol. The Hall–Kier alpha value is -4.04. The van der Waals surface area contributed by atoms with Gasteiger partial charge in [0, 0.05) is 27.4 Å². The topological polar surface area (TPSA) is 4.93 Å². The van der Waals surface area contributed by atoms with E-state index in [9.17, 15) is 0 Å².